The highest BCUT2D eigenvalue weighted by Gasteiger charge is 2.09. The van der Waals surface area contributed by atoms with Gasteiger partial charge < -0.3 is 14.8 Å². The van der Waals surface area contributed by atoms with E-state index in [-0.39, 0.29) is 0 Å². The molecule has 4 aromatic rings. The van der Waals surface area contributed by atoms with Gasteiger partial charge in [-0.05, 0) is 53.2 Å². The van der Waals surface area contributed by atoms with Crippen LogP contribution in [-0.4, -0.2) is 44.1 Å². The molecule has 0 atom stereocenters. The normalized spacial score (nSPS) is 10.9. The third-order valence-corrected chi connectivity index (χ3v) is 5.92. The molecule has 0 spiro atoms. The van der Waals surface area contributed by atoms with E-state index in [9.17, 15) is 0 Å². The van der Waals surface area contributed by atoms with Crippen LogP contribution in [0.2, 0.25) is 5.15 Å². The van der Waals surface area contributed by atoms with Gasteiger partial charge in [0.25, 0.3) is 0 Å². The van der Waals surface area contributed by atoms with E-state index in [4.69, 9.17) is 21.1 Å². The number of pyridine rings is 1. The molecule has 0 radical (unpaired) electrons. The first-order chi connectivity index (χ1) is 16.7. The van der Waals surface area contributed by atoms with Crippen LogP contribution in [0, 0.1) is 0 Å². The Hall–Kier alpha value is -3.14. The van der Waals surface area contributed by atoms with Crippen LogP contribution in [0.15, 0.2) is 72.0 Å². The van der Waals surface area contributed by atoms with Crippen LogP contribution in [0.3, 0.4) is 0 Å². The van der Waals surface area contributed by atoms with E-state index in [0.717, 1.165) is 40.0 Å². The van der Waals surface area contributed by atoms with Crippen LogP contribution in [-0.2, 0) is 13.2 Å². The van der Waals surface area contributed by atoms with E-state index in [2.05, 4.69) is 25.8 Å². The molecule has 4 rings (SSSR count). The molecule has 1 N–H and O–H groups in total. The molecule has 0 aliphatic rings. The second-order valence-corrected chi connectivity index (χ2v) is 8.68. The average Bonchev–Trinajstić information content (AvgIpc) is 3.34. The molecule has 2 heterocycles. The van der Waals surface area contributed by atoms with Crippen LogP contribution in [0.5, 0.6) is 11.5 Å². The molecule has 0 saturated heterocycles. The van der Waals surface area contributed by atoms with E-state index in [1.807, 2.05) is 61.5 Å². The number of ether oxygens (including phenoxy) is 2. The lowest BCUT2D eigenvalue weighted by atomic mass is 10.2. The number of hydrogen-bond donors (Lipinski definition) is 1. The second-order valence-electron chi connectivity index (χ2n) is 7.23. The number of rotatable bonds is 12. The number of aromatic nitrogens is 5. The third-order valence-electron chi connectivity index (χ3n) is 4.77. The van der Waals surface area contributed by atoms with Gasteiger partial charge in [0, 0.05) is 30.6 Å². The molecule has 0 bridgehead atoms. The maximum atomic E-state index is 5.95. The summed E-state index contributed by atoms with van der Waals surface area (Å²) in [5.74, 6) is 2.26. The number of nitrogens with one attached hydrogen (secondary N) is 1. The molecule has 0 fully saturated rings. The third kappa shape index (κ3) is 6.69. The monoisotopic (exact) mass is 496 g/mol. The smallest absolute Gasteiger partial charge is 0.214 e. The predicted molar refractivity (Wildman–Crippen MR) is 133 cm³/mol. The Morgan fingerprint density at radius 1 is 1.00 bits per heavy atom. The minimum atomic E-state index is 0.390. The Labute approximate surface area is 207 Å². The van der Waals surface area contributed by atoms with Crippen molar-refractivity contribution in [2.75, 3.05) is 18.9 Å². The minimum Gasteiger partial charge on any atom is -0.490 e. The van der Waals surface area contributed by atoms with Crippen LogP contribution < -0.4 is 14.8 Å². The van der Waals surface area contributed by atoms with Crippen molar-refractivity contribution in [2.24, 2.45) is 0 Å². The zero-order valence-corrected chi connectivity index (χ0v) is 20.3. The first-order valence-electron chi connectivity index (χ1n) is 10.9. The van der Waals surface area contributed by atoms with Crippen LogP contribution in [0.4, 0.5) is 0 Å². The summed E-state index contributed by atoms with van der Waals surface area (Å²) in [4.78, 5) is 4.08. The number of nitrogens with zero attached hydrogens (tertiary/aromatic N) is 5. The van der Waals surface area contributed by atoms with Gasteiger partial charge in [0.1, 0.15) is 11.8 Å². The quantitative estimate of drug-likeness (QED) is 0.173. The summed E-state index contributed by atoms with van der Waals surface area (Å²) in [6.07, 6.45) is 1.71. The molecular formula is C24H25ClN6O2S. The molecule has 8 nitrogen and oxygen atoms in total. The Kier molecular flexibility index (Phi) is 8.72. The fraction of sp³-hybridized carbons (Fsp3) is 0.250. The summed E-state index contributed by atoms with van der Waals surface area (Å²) in [6.45, 7) is 4.42. The Morgan fingerprint density at radius 2 is 1.85 bits per heavy atom. The van der Waals surface area contributed by atoms with Gasteiger partial charge in [0.15, 0.2) is 11.5 Å². The number of tetrazole rings is 1. The van der Waals surface area contributed by atoms with E-state index < -0.39 is 0 Å². The minimum absolute atomic E-state index is 0.390. The predicted octanol–water partition coefficient (Wildman–Crippen LogP) is 4.57. The maximum Gasteiger partial charge on any atom is 0.214 e. The molecule has 0 aliphatic heterocycles. The van der Waals surface area contributed by atoms with Crippen molar-refractivity contribution in [3.05, 3.63) is 83.1 Å². The fourth-order valence-electron chi connectivity index (χ4n) is 3.15. The van der Waals surface area contributed by atoms with E-state index in [0.29, 0.717) is 30.7 Å². The van der Waals surface area contributed by atoms with Gasteiger partial charge >= 0.3 is 0 Å². The lowest BCUT2D eigenvalue weighted by Gasteiger charge is -2.14. The number of hydrogen-bond acceptors (Lipinski definition) is 8. The summed E-state index contributed by atoms with van der Waals surface area (Å²) in [6, 6.07) is 19.5. The average molecular weight is 497 g/mol. The molecule has 10 heteroatoms. The zero-order chi connectivity index (χ0) is 23.6. The molecular weight excluding hydrogens is 472 g/mol. The van der Waals surface area contributed by atoms with Crippen LogP contribution >= 0.6 is 23.4 Å². The summed E-state index contributed by atoms with van der Waals surface area (Å²) < 4.78 is 13.5. The molecule has 2 aromatic carbocycles. The van der Waals surface area contributed by atoms with E-state index >= 15 is 0 Å². The highest BCUT2D eigenvalue weighted by Crippen LogP contribution is 2.29. The van der Waals surface area contributed by atoms with Gasteiger partial charge in [-0.2, -0.15) is 4.68 Å². The molecule has 34 heavy (non-hydrogen) atoms. The van der Waals surface area contributed by atoms with Crippen molar-refractivity contribution in [1.82, 2.24) is 30.5 Å². The Morgan fingerprint density at radius 3 is 2.65 bits per heavy atom. The van der Waals surface area contributed by atoms with Crippen molar-refractivity contribution >= 4 is 23.4 Å². The first-order valence-corrected chi connectivity index (χ1v) is 12.3. The van der Waals surface area contributed by atoms with Gasteiger partial charge in [-0.25, -0.2) is 4.98 Å². The molecule has 0 unspecified atom stereocenters. The van der Waals surface area contributed by atoms with Gasteiger partial charge in [0.05, 0.1) is 12.3 Å². The Balaban J connectivity index is 1.27. The maximum absolute atomic E-state index is 5.95. The highest BCUT2D eigenvalue weighted by atomic mass is 35.5. The number of benzene rings is 2. The summed E-state index contributed by atoms with van der Waals surface area (Å²) in [7, 11) is 0. The molecule has 0 saturated carbocycles. The lowest BCUT2D eigenvalue weighted by Crippen LogP contribution is -2.17. The van der Waals surface area contributed by atoms with Crippen LogP contribution in [0.25, 0.3) is 5.69 Å². The fourth-order valence-corrected chi connectivity index (χ4v) is 4.05. The summed E-state index contributed by atoms with van der Waals surface area (Å²) in [5.41, 5.74) is 3.00. The largest absolute Gasteiger partial charge is 0.490 e. The van der Waals surface area contributed by atoms with E-state index in [1.54, 1.807) is 28.7 Å². The van der Waals surface area contributed by atoms with E-state index in [1.165, 1.54) is 0 Å². The van der Waals surface area contributed by atoms with Crippen molar-refractivity contribution in [2.45, 2.75) is 25.2 Å². The van der Waals surface area contributed by atoms with Gasteiger partial charge in [0.2, 0.25) is 5.16 Å². The summed E-state index contributed by atoms with van der Waals surface area (Å²) >= 11 is 7.45. The SMILES string of the molecule is CCOc1cc(CNCCSc2nnnn2-c2ccccc2)ccc1OCc1ccc(Cl)nc1. The highest BCUT2D eigenvalue weighted by molar-refractivity contribution is 7.99. The van der Waals surface area contributed by atoms with Gasteiger partial charge in [-0.3, -0.25) is 0 Å². The van der Waals surface area contributed by atoms with Crippen molar-refractivity contribution in [3.63, 3.8) is 0 Å². The second kappa shape index (κ2) is 12.4. The topological polar surface area (TPSA) is 87.0 Å². The Bertz CT molecular complexity index is 1170. The van der Waals surface area contributed by atoms with Crippen LogP contribution in [0.1, 0.15) is 18.1 Å². The number of halogens is 1. The number of thioether (sulfide) groups is 1. The van der Waals surface area contributed by atoms with Gasteiger partial charge in [-0.15, -0.1) is 5.10 Å². The summed E-state index contributed by atoms with van der Waals surface area (Å²) in [5, 5.41) is 16.7. The van der Waals surface area contributed by atoms with Crippen molar-refractivity contribution in [1.29, 1.82) is 0 Å². The zero-order valence-electron chi connectivity index (χ0n) is 18.7. The number of para-hydroxylation sites is 1. The first kappa shape index (κ1) is 24.0. The van der Waals surface area contributed by atoms with Crippen molar-refractivity contribution in [3.8, 4) is 17.2 Å². The molecule has 0 aliphatic carbocycles. The molecule has 176 valence electrons. The molecule has 0 amide bonds. The standard InChI is InChI=1S/C24H25ClN6O2S/c1-2-32-22-14-18(8-10-21(22)33-17-19-9-11-23(25)27-16-19)15-26-12-13-34-24-28-29-30-31(24)20-6-4-3-5-7-20/h3-11,14,16,26H,2,12-13,15,17H2,1H3. The molecule has 2 aromatic heterocycles. The van der Waals surface area contributed by atoms with Gasteiger partial charge in [-0.1, -0.05) is 53.7 Å². The lowest BCUT2D eigenvalue weighted by molar-refractivity contribution is 0.269. The van der Waals surface area contributed by atoms with Crippen molar-refractivity contribution < 1.29 is 9.47 Å².